The van der Waals surface area contributed by atoms with Crippen LogP contribution in [-0.2, 0) is 16.1 Å². The Labute approximate surface area is 169 Å². The first kappa shape index (κ1) is 19.3. The molecule has 4 rings (SSSR count). The normalized spacial score (nSPS) is 15.4. The summed E-state index contributed by atoms with van der Waals surface area (Å²) in [7, 11) is 1.75. The molecular formula is C22H25N3O4. The van der Waals surface area contributed by atoms with E-state index >= 15 is 0 Å². The highest BCUT2D eigenvalue weighted by atomic mass is 16.5. The lowest BCUT2D eigenvalue weighted by Crippen LogP contribution is -2.36. The molecule has 0 spiro atoms. The Morgan fingerprint density at radius 1 is 1.10 bits per heavy atom. The van der Waals surface area contributed by atoms with E-state index in [1.165, 1.54) is 4.57 Å². The van der Waals surface area contributed by atoms with Crippen LogP contribution in [0.2, 0.25) is 0 Å². The SMILES string of the molecule is C[C@H](C(=O)N(C)Cc1ccc(N2CCOCC2)cc1)n1c(=O)oc2ccccc21. The summed E-state index contributed by atoms with van der Waals surface area (Å²) in [5.74, 6) is -0.661. The molecular weight excluding hydrogens is 370 g/mol. The molecule has 2 heterocycles. The third-order valence-corrected chi connectivity index (χ3v) is 5.37. The van der Waals surface area contributed by atoms with Gasteiger partial charge in [-0.3, -0.25) is 9.36 Å². The molecule has 1 aromatic heterocycles. The van der Waals surface area contributed by atoms with Crippen molar-refractivity contribution >= 4 is 22.7 Å². The zero-order valence-corrected chi connectivity index (χ0v) is 16.7. The number of ether oxygens (including phenoxy) is 1. The first-order valence-electron chi connectivity index (χ1n) is 9.81. The number of benzene rings is 2. The number of likely N-dealkylation sites (N-methyl/N-ethyl adjacent to an activating group) is 1. The molecule has 0 N–H and O–H groups in total. The minimum atomic E-state index is -0.649. The predicted octanol–water partition coefficient (Wildman–Crippen LogP) is 2.65. The standard InChI is InChI=1S/C22H25N3O4/c1-16(25-19-5-3-4-6-20(19)29-22(25)27)21(26)23(2)15-17-7-9-18(10-8-17)24-11-13-28-14-12-24/h3-10,16H,11-15H2,1-2H3/t16-/m1/s1. The number of oxazole rings is 1. The molecule has 29 heavy (non-hydrogen) atoms. The van der Waals surface area contributed by atoms with Crippen molar-refractivity contribution in [3.63, 3.8) is 0 Å². The van der Waals surface area contributed by atoms with E-state index in [0.29, 0.717) is 17.6 Å². The van der Waals surface area contributed by atoms with E-state index in [-0.39, 0.29) is 5.91 Å². The molecule has 1 atom stereocenters. The van der Waals surface area contributed by atoms with Crippen molar-refractivity contribution in [1.29, 1.82) is 0 Å². The topological polar surface area (TPSA) is 67.9 Å². The Kier molecular flexibility index (Phi) is 5.40. The van der Waals surface area contributed by atoms with E-state index in [1.807, 2.05) is 18.2 Å². The Morgan fingerprint density at radius 2 is 1.79 bits per heavy atom. The third-order valence-electron chi connectivity index (χ3n) is 5.37. The zero-order valence-electron chi connectivity index (χ0n) is 16.7. The van der Waals surface area contributed by atoms with Crippen molar-refractivity contribution < 1.29 is 13.9 Å². The van der Waals surface area contributed by atoms with E-state index < -0.39 is 11.8 Å². The summed E-state index contributed by atoms with van der Waals surface area (Å²) in [5.41, 5.74) is 3.31. The van der Waals surface area contributed by atoms with Crippen LogP contribution in [0.15, 0.2) is 57.7 Å². The summed E-state index contributed by atoms with van der Waals surface area (Å²) in [6, 6.07) is 14.7. The highest BCUT2D eigenvalue weighted by Crippen LogP contribution is 2.20. The number of hydrogen-bond donors (Lipinski definition) is 0. The van der Waals surface area contributed by atoms with Gasteiger partial charge >= 0.3 is 5.76 Å². The van der Waals surface area contributed by atoms with E-state index in [4.69, 9.17) is 9.15 Å². The van der Waals surface area contributed by atoms with Crippen LogP contribution in [0.3, 0.4) is 0 Å². The molecule has 0 saturated carbocycles. The molecule has 1 amide bonds. The van der Waals surface area contributed by atoms with E-state index in [0.717, 1.165) is 37.6 Å². The van der Waals surface area contributed by atoms with Gasteiger partial charge in [-0.2, -0.15) is 0 Å². The Bertz CT molecular complexity index is 1050. The number of para-hydroxylation sites is 2. The van der Waals surface area contributed by atoms with Crippen molar-refractivity contribution in [2.45, 2.75) is 19.5 Å². The smallest absolute Gasteiger partial charge is 0.408 e. The second-order valence-corrected chi connectivity index (χ2v) is 7.34. The third kappa shape index (κ3) is 3.91. The minimum Gasteiger partial charge on any atom is -0.408 e. The van der Waals surface area contributed by atoms with Crippen LogP contribution >= 0.6 is 0 Å². The molecule has 0 aliphatic carbocycles. The number of carbonyl (C=O) groups is 1. The van der Waals surface area contributed by atoms with Gasteiger partial charge in [0.2, 0.25) is 5.91 Å². The highest BCUT2D eigenvalue weighted by molar-refractivity contribution is 5.82. The average molecular weight is 395 g/mol. The average Bonchev–Trinajstić information content (AvgIpc) is 3.09. The quantitative estimate of drug-likeness (QED) is 0.664. The number of rotatable bonds is 5. The fourth-order valence-electron chi connectivity index (χ4n) is 3.77. The number of carbonyl (C=O) groups excluding carboxylic acids is 1. The maximum absolute atomic E-state index is 13.0. The first-order valence-corrected chi connectivity index (χ1v) is 9.81. The van der Waals surface area contributed by atoms with Crippen LogP contribution in [0.1, 0.15) is 18.5 Å². The summed E-state index contributed by atoms with van der Waals surface area (Å²) in [6.45, 7) is 5.48. The predicted molar refractivity (Wildman–Crippen MR) is 111 cm³/mol. The second kappa shape index (κ2) is 8.13. The highest BCUT2D eigenvalue weighted by Gasteiger charge is 2.24. The van der Waals surface area contributed by atoms with Crippen LogP contribution in [0.4, 0.5) is 5.69 Å². The maximum Gasteiger partial charge on any atom is 0.420 e. The molecule has 2 aromatic carbocycles. The lowest BCUT2D eigenvalue weighted by molar-refractivity contribution is -0.133. The molecule has 7 heteroatoms. The van der Waals surface area contributed by atoms with Gasteiger partial charge in [-0.15, -0.1) is 0 Å². The van der Waals surface area contributed by atoms with Crippen LogP contribution in [0, 0.1) is 0 Å². The molecule has 0 bridgehead atoms. The molecule has 1 aliphatic rings. The van der Waals surface area contributed by atoms with E-state index in [9.17, 15) is 9.59 Å². The van der Waals surface area contributed by atoms with Crippen LogP contribution in [0.5, 0.6) is 0 Å². The zero-order chi connectivity index (χ0) is 20.4. The number of fused-ring (bicyclic) bond motifs is 1. The molecule has 0 radical (unpaired) electrons. The van der Waals surface area contributed by atoms with Crippen molar-refractivity contribution in [3.05, 3.63) is 64.6 Å². The van der Waals surface area contributed by atoms with Gasteiger partial charge in [-0.25, -0.2) is 4.79 Å². The van der Waals surface area contributed by atoms with Crippen LogP contribution in [-0.4, -0.2) is 48.7 Å². The van der Waals surface area contributed by atoms with Gasteiger partial charge in [0.05, 0.1) is 18.7 Å². The maximum atomic E-state index is 13.0. The number of morpholine rings is 1. The largest absolute Gasteiger partial charge is 0.420 e. The lowest BCUT2D eigenvalue weighted by atomic mass is 10.1. The number of nitrogens with zero attached hydrogens (tertiary/aromatic N) is 3. The summed E-state index contributed by atoms with van der Waals surface area (Å²) in [5, 5.41) is 0. The van der Waals surface area contributed by atoms with Crippen molar-refractivity contribution in [2.75, 3.05) is 38.3 Å². The van der Waals surface area contributed by atoms with Gasteiger partial charge in [0.1, 0.15) is 6.04 Å². The van der Waals surface area contributed by atoms with Gasteiger partial charge in [0, 0.05) is 32.4 Å². The summed E-state index contributed by atoms with van der Waals surface area (Å²) >= 11 is 0. The number of aromatic nitrogens is 1. The Morgan fingerprint density at radius 3 is 2.52 bits per heavy atom. The monoisotopic (exact) mass is 395 g/mol. The number of amides is 1. The second-order valence-electron chi connectivity index (χ2n) is 7.34. The molecule has 1 saturated heterocycles. The Hall–Kier alpha value is -3.06. The van der Waals surface area contributed by atoms with Gasteiger partial charge in [0.25, 0.3) is 0 Å². The van der Waals surface area contributed by atoms with Crippen molar-refractivity contribution in [1.82, 2.24) is 9.47 Å². The van der Waals surface area contributed by atoms with E-state index in [2.05, 4.69) is 17.0 Å². The van der Waals surface area contributed by atoms with E-state index in [1.54, 1.807) is 37.1 Å². The fourth-order valence-corrected chi connectivity index (χ4v) is 3.77. The molecule has 1 fully saturated rings. The minimum absolute atomic E-state index is 0.143. The van der Waals surface area contributed by atoms with Crippen LogP contribution < -0.4 is 10.7 Å². The summed E-state index contributed by atoms with van der Waals surface area (Å²) in [6.07, 6.45) is 0. The number of anilines is 1. The molecule has 7 nitrogen and oxygen atoms in total. The Balaban J connectivity index is 1.46. The number of hydrogen-bond acceptors (Lipinski definition) is 5. The van der Waals surface area contributed by atoms with Crippen LogP contribution in [0.25, 0.3) is 11.1 Å². The molecule has 0 unspecified atom stereocenters. The van der Waals surface area contributed by atoms with Gasteiger partial charge < -0.3 is 19.0 Å². The summed E-state index contributed by atoms with van der Waals surface area (Å²) in [4.78, 5) is 29.2. The lowest BCUT2D eigenvalue weighted by Gasteiger charge is -2.29. The summed E-state index contributed by atoms with van der Waals surface area (Å²) < 4.78 is 12.1. The first-order chi connectivity index (χ1) is 14.0. The fraction of sp³-hybridized carbons (Fsp3) is 0.364. The molecule has 3 aromatic rings. The van der Waals surface area contributed by atoms with Crippen molar-refractivity contribution in [3.8, 4) is 0 Å². The van der Waals surface area contributed by atoms with Crippen molar-refractivity contribution in [2.24, 2.45) is 0 Å². The van der Waals surface area contributed by atoms with Gasteiger partial charge in [-0.05, 0) is 36.8 Å². The van der Waals surface area contributed by atoms with Gasteiger partial charge in [0.15, 0.2) is 5.58 Å². The molecule has 1 aliphatic heterocycles. The molecule has 152 valence electrons. The van der Waals surface area contributed by atoms with Gasteiger partial charge in [-0.1, -0.05) is 24.3 Å².